The van der Waals surface area contributed by atoms with E-state index in [0.29, 0.717) is 24.9 Å². The van der Waals surface area contributed by atoms with Gasteiger partial charge in [0.05, 0.1) is 11.0 Å². The van der Waals surface area contributed by atoms with Gasteiger partial charge in [-0.15, -0.1) is 0 Å². The fourth-order valence-corrected chi connectivity index (χ4v) is 4.84. The Labute approximate surface area is 161 Å². The largest absolute Gasteiger partial charge is 0.367 e. The molecule has 3 heterocycles. The molecule has 3 aliphatic rings. The summed E-state index contributed by atoms with van der Waals surface area (Å²) in [6.07, 6.45) is 3.09. The minimum absolute atomic E-state index is 0.0589. The van der Waals surface area contributed by atoms with Crippen molar-refractivity contribution in [2.24, 2.45) is 5.41 Å². The lowest BCUT2D eigenvalue weighted by Crippen LogP contribution is -2.72. The van der Waals surface area contributed by atoms with Crippen molar-refractivity contribution in [1.29, 1.82) is 0 Å². The zero-order chi connectivity index (χ0) is 20.1. The van der Waals surface area contributed by atoms with E-state index in [4.69, 9.17) is 0 Å². The number of urea groups is 1. The predicted molar refractivity (Wildman–Crippen MR) is 99.8 cm³/mol. The first-order chi connectivity index (χ1) is 13.4. The number of hydrogen-bond donors (Lipinski definition) is 1. The molecular formula is C19H22N4O5. The Morgan fingerprint density at radius 1 is 1.29 bits per heavy atom. The summed E-state index contributed by atoms with van der Waals surface area (Å²) >= 11 is 0. The number of carbonyl (C=O) groups excluding carboxylic acids is 3. The van der Waals surface area contributed by atoms with Crippen LogP contribution in [-0.4, -0.2) is 46.8 Å². The quantitative estimate of drug-likeness (QED) is 0.483. The highest BCUT2D eigenvalue weighted by atomic mass is 16.6. The Balaban J connectivity index is 1.87. The number of nitrogens with zero attached hydrogens (tertiary/aromatic N) is 3. The van der Waals surface area contributed by atoms with Crippen molar-refractivity contribution < 1.29 is 19.3 Å². The van der Waals surface area contributed by atoms with Gasteiger partial charge in [0.25, 0.3) is 5.69 Å². The lowest BCUT2D eigenvalue weighted by Gasteiger charge is -2.53. The summed E-state index contributed by atoms with van der Waals surface area (Å²) in [6, 6.07) is 3.56. The first-order valence-corrected chi connectivity index (χ1v) is 9.61. The second-order valence-electron chi connectivity index (χ2n) is 7.64. The maximum atomic E-state index is 13.5. The zero-order valence-corrected chi connectivity index (χ0v) is 15.6. The molecule has 0 unspecified atom stereocenters. The molecule has 4 rings (SSSR count). The number of barbiturate groups is 1. The topological polar surface area (TPSA) is 113 Å². The van der Waals surface area contributed by atoms with Crippen LogP contribution in [0.25, 0.3) is 0 Å². The lowest BCUT2D eigenvalue weighted by molar-refractivity contribution is -0.384. The average molecular weight is 386 g/mol. The molecule has 0 radical (unpaired) electrons. The standard InChI is InChI=1S/C19H22N4O5/c1-2-8-22-17(25)19(16(24)20-18(22)26)11-12-10-13(23(27)28)6-7-14(12)21-9-4-3-5-15(19)21/h6-7,10,15H,2-5,8-9,11H2,1H3,(H,20,24,26)/t15-,19+/m0/s1. The molecule has 148 valence electrons. The number of benzene rings is 1. The highest BCUT2D eigenvalue weighted by Crippen LogP contribution is 2.48. The fourth-order valence-electron chi connectivity index (χ4n) is 4.84. The fraction of sp³-hybridized carbons (Fsp3) is 0.526. The van der Waals surface area contributed by atoms with Crippen LogP contribution in [0.1, 0.15) is 38.2 Å². The Morgan fingerprint density at radius 2 is 2.07 bits per heavy atom. The zero-order valence-electron chi connectivity index (χ0n) is 15.6. The Kier molecular flexibility index (Phi) is 4.32. The molecule has 28 heavy (non-hydrogen) atoms. The molecule has 2 fully saturated rings. The van der Waals surface area contributed by atoms with Crippen molar-refractivity contribution in [3.63, 3.8) is 0 Å². The van der Waals surface area contributed by atoms with Crippen LogP contribution in [0.4, 0.5) is 16.2 Å². The lowest BCUT2D eigenvalue weighted by atomic mass is 9.66. The van der Waals surface area contributed by atoms with E-state index in [0.717, 1.165) is 23.4 Å². The van der Waals surface area contributed by atoms with Gasteiger partial charge in [0.2, 0.25) is 11.8 Å². The van der Waals surface area contributed by atoms with Crippen molar-refractivity contribution in [3.8, 4) is 0 Å². The number of imide groups is 2. The molecule has 2 atom stereocenters. The number of nitro groups is 1. The molecule has 0 aliphatic carbocycles. The number of piperidine rings is 1. The number of carbonyl (C=O) groups is 3. The number of amides is 4. The van der Waals surface area contributed by atoms with E-state index in [1.807, 2.05) is 11.8 Å². The van der Waals surface area contributed by atoms with Gasteiger partial charge in [-0.05, 0) is 37.3 Å². The van der Waals surface area contributed by atoms with Crippen molar-refractivity contribution >= 4 is 29.2 Å². The summed E-state index contributed by atoms with van der Waals surface area (Å²) in [5.74, 6) is -1.08. The highest BCUT2D eigenvalue weighted by Gasteiger charge is 2.62. The van der Waals surface area contributed by atoms with E-state index in [-0.39, 0.29) is 24.7 Å². The number of fused-ring (bicyclic) bond motifs is 4. The molecule has 1 aromatic carbocycles. The minimum atomic E-state index is -1.44. The molecule has 3 aliphatic heterocycles. The Hall–Kier alpha value is -2.97. The predicted octanol–water partition coefficient (Wildman–Crippen LogP) is 1.98. The third kappa shape index (κ3) is 2.49. The van der Waals surface area contributed by atoms with Crippen molar-refractivity contribution in [2.75, 3.05) is 18.0 Å². The van der Waals surface area contributed by atoms with Gasteiger partial charge in [0.1, 0.15) is 0 Å². The van der Waals surface area contributed by atoms with Gasteiger partial charge in [-0.3, -0.25) is 29.9 Å². The monoisotopic (exact) mass is 386 g/mol. The molecule has 0 saturated carbocycles. The molecule has 1 spiro atoms. The molecule has 2 saturated heterocycles. The van der Waals surface area contributed by atoms with Gasteiger partial charge in [-0.25, -0.2) is 4.79 Å². The van der Waals surface area contributed by atoms with Crippen LogP contribution in [0.15, 0.2) is 18.2 Å². The highest BCUT2D eigenvalue weighted by molar-refractivity contribution is 6.20. The van der Waals surface area contributed by atoms with Crippen LogP contribution >= 0.6 is 0 Å². The third-order valence-electron chi connectivity index (χ3n) is 6.07. The van der Waals surface area contributed by atoms with Crippen LogP contribution in [0, 0.1) is 15.5 Å². The molecule has 1 aromatic rings. The smallest absolute Gasteiger partial charge is 0.330 e. The van der Waals surface area contributed by atoms with E-state index in [2.05, 4.69) is 5.32 Å². The first kappa shape index (κ1) is 18.4. The first-order valence-electron chi connectivity index (χ1n) is 9.61. The van der Waals surface area contributed by atoms with E-state index in [1.54, 1.807) is 6.07 Å². The van der Waals surface area contributed by atoms with E-state index in [1.165, 1.54) is 12.1 Å². The van der Waals surface area contributed by atoms with Gasteiger partial charge >= 0.3 is 6.03 Å². The Morgan fingerprint density at radius 3 is 2.79 bits per heavy atom. The van der Waals surface area contributed by atoms with E-state index < -0.39 is 28.2 Å². The van der Waals surface area contributed by atoms with Crippen LogP contribution in [0.3, 0.4) is 0 Å². The molecule has 1 N–H and O–H groups in total. The third-order valence-corrected chi connectivity index (χ3v) is 6.07. The van der Waals surface area contributed by atoms with Crippen molar-refractivity contribution in [2.45, 2.75) is 45.1 Å². The molecule has 4 amide bonds. The molecule has 9 nitrogen and oxygen atoms in total. The summed E-state index contributed by atoms with van der Waals surface area (Å²) < 4.78 is 0. The summed E-state index contributed by atoms with van der Waals surface area (Å²) in [5, 5.41) is 13.6. The van der Waals surface area contributed by atoms with Crippen LogP contribution in [-0.2, 0) is 16.0 Å². The number of hydrogen-bond acceptors (Lipinski definition) is 6. The number of nitrogens with one attached hydrogen (secondary N) is 1. The van der Waals surface area contributed by atoms with Gasteiger partial charge in [0.15, 0.2) is 5.41 Å². The number of anilines is 1. The summed E-state index contributed by atoms with van der Waals surface area (Å²) in [4.78, 5) is 52.7. The number of nitro benzene ring substituents is 1. The second kappa shape index (κ2) is 6.57. The van der Waals surface area contributed by atoms with Gasteiger partial charge in [0, 0.05) is 37.3 Å². The number of rotatable bonds is 3. The average Bonchev–Trinajstić information content (AvgIpc) is 2.69. The summed E-state index contributed by atoms with van der Waals surface area (Å²) in [5.41, 5.74) is -0.0808. The van der Waals surface area contributed by atoms with Crippen molar-refractivity contribution in [3.05, 3.63) is 33.9 Å². The van der Waals surface area contributed by atoms with Crippen molar-refractivity contribution in [1.82, 2.24) is 10.2 Å². The normalized spacial score (nSPS) is 26.8. The van der Waals surface area contributed by atoms with Crippen LogP contribution in [0.2, 0.25) is 0 Å². The SMILES string of the molecule is CCCN1C(=O)NC(=O)[C@]2(Cc3cc([N+](=O)[O-])ccc3N3CCCC[C@H]32)C1=O. The van der Waals surface area contributed by atoms with Crippen LogP contribution in [0.5, 0.6) is 0 Å². The number of non-ortho nitro benzene ring substituents is 1. The van der Waals surface area contributed by atoms with E-state index >= 15 is 0 Å². The van der Waals surface area contributed by atoms with Crippen LogP contribution < -0.4 is 10.2 Å². The van der Waals surface area contributed by atoms with E-state index in [9.17, 15) is 24.5 Å². The van der Waals surface area contributed by atoms with Gasteiger partial charge in [-0.1, -0.05) is 6.92 Å². The Bertz CT molecular complexity index is 885. The second-order valence-corrected chi connectivity index (χ2v) is 7.64. The summed E-state index contributed by atoms with van der Waals surface area (Å²) in [7, 11) is 0. The summed E-state index contributed by atoms with van der Waals surface area (Å²) in [6.45, 7) is 2.75. The molecular weight excluding hydrogens is 364 g/mol. The maximum Gasteiger partial charge on any atom is 0.330 e. The van der Waals surface area contributed by atoms with Gasteiger partial charge in [-0.2, -0.15) is 0 Å². The molecule has 9 heteroatoms. The maximum absolute atomic E-state index is 13.5. The molecule has 0 bridgehead atoms. The minimum Gasteiger partial charge on any atom is -0.367 e. The van der Waals surface area contributed by atoms with Gasteiger partial charge < -0.3 is 4.90 Å². The molecule has 0 aromatic heterocycles.